The predicted molar refractivity (Wildman–Crippen MR) is 68.9 cm³/mol. The zero-order chi connectivity index (χ0) is 12.8. The van der Waals surface area contributed by atoms with Gasteiger partial charge in [0.2, 0.25) is 0 Å². The number of aromatic nitrogens is 5. The molecule has 0 aromatic carbocycles. The van der Waals surface area contributed by atoms with Crippen LogP contribution in [0.5, 0.6) is 0 Å². The summed E-state index contributed by atoms with van der Waals surface area (Å²) >= 11 is 0. The first kappa shape index (κ1) is 10.3. The summed E-state index contributed by atoms with van der Waals surface area (Å²) in [6.07, 6.45) is 9.86. The van der Waals surface area contributed by atoms with Crippen LogP contribution in [0.15, 0.2) is 37.1 Å². The fraction of sp³-hybridized carbons (Fsp3) is 0.0833. The normalized spacial score (nSPS) is 18.8. The Morgan fingerprint density at radius 1 is 1.37 bits per heavy atom. The fourth-order valence-corrected chi connectivity index (χ4v) is 2.28. The standard InChI is InChI=1S/C12H10N6O/c19-10-3-7(1-2-13-10)8-4-14-12-11(8)18-6-16-17-9(18)5-15-12/h1-6,10,13-14,19H. The van der Waals surface area contributed by atoms with Crippen LogP contribution in [0.2, 0.25) is 0 Å². The molecule has 0 amide bonds. The number of hydrogen-bond acceptors (Lipinski definition) is 5. The van der Waals surface area contributed by atoms with Gasteiger partial charge in [0.25, 0.3) is 0 Å². The molecule has 4 heterocycles. The van der Waals surface area contributed by atoms with E-state index in [0.717, 1.165) is 22.3 Å². The Balaban J connectivity index is 2.04. The van der Waals surface area contributed by atoms with E-state index in [2.05, 4.69) is 25.5 Å². The average Bonchev–Trinajstić information content (AvgIpc) is 3.04. The van der Waals surface area contributed by atoms with Crippen LogP contribution in [-0.2, 0) is 0 Å². The second-order valence-electron chi connectivity index (χ2n) is 4.28. The van der Waals surface area contributed by atoms with E-state index in [0.29, 0.717) is 5.65 Å². The third-order valence-electron chi connectivity index (χ3n) is 3.14. The minimum atomic E-state index is -0.682. The molecular formula is C12H10N6O. The van der Waals surface area contributed by atoms with E-state index in [4.69, 9.17) is 0 Å². The van der Waals surface area contributed by atoms with Crippen molar-refractivity contribution in [3.8, 4) is 0 Å². The zero-order valence-electron chi connectivity index (χ0n) is 9.78. The van der Waals surface area contributed by atoms with Crippen LogP contribution in [0.1, 0.15) is 5.56 Å². The summed E-state index contributed by atoms with van der Waals surface area (Å²) in [6, 6.07) is 0. The van der Waals surface area contributed by atoms with Gasteiger partial charge in [0, 0.05) is 11.8 Å². The molecule has 0 bridgehead atoms. The molecule has 3 N–H and O–H groups in total. The van der Waals surface area contributed by atoms with Crippen LogP contribution in [0.4, 0.5) is 0 Å². The molecule has 0 spiro atoms. The summed E-state index contributed by atoms with van der Waals surface area (Å²) in [5.74, 6) is 0. The van der Waals surface area contributed by atoms with Crippen LogP contribution in [0.25, 0.3) is 22.4 Å². The molecule has 3 aromatic heterocycles. The van der Waals surface area contributed by atoms with Crippen molar-refractivity contribution >= 4 is 22.4 Å². The first-order chi connectivity index (χ1) is 9.33. The minimum Gasteiger partial charge on any atom is -0.370 e. The zero-order valence-corrected chi connectivity index (χ0v) is 9.78. The van der Waals surface area contributed by atoms with Crippen molar-refractivity contribution in [1.82, 2.24) is 29.9 Å². The summed E-state index contributed by atoms with van der Waals surface area (Å²) in [6.45, 7) is 0. The molecule has 7 nitrogen and oxygen atoms in total. The average molecular weight is 254 g/mol. The van der Waals surface area contributed by atoms with E-state index in [1.54, 1.807) is 24.8 Å². The largest absolute Gasteiger partial charge is 0.370 e. The van der Waals surface area contributed by atoms with Crippen LogP contribution >= 0.6 is 0 Å². The monoisotopic (exact) mass is 254 g/mol. The molecule has 0 saturated carbocycles. The number of nitrogens with one attached hydrogen (secondary N) is 2. The van der Waals surface area contributed by atoms with Crippen molar-refractivity contribution in [2.24, 2.45) is 0 Å². The maximum atomic E-state index is 9.63. The van der Waals surface area contributed by atoms with Crippen molar-refractivity contribution in [3.63, 3.8) is 0 Å². The molecule has 1 unspecified atom stereocenters. The first-order valence-electron chi connectivity index (χ1n) is 5.81. The van der Waals surface area contributed by atoms with Gasteiger partial charge >= 0.3 is 0 Å². The van der Waals surface area contributed by atoms with Gasteiger partial charge in [0.1, 0.15) is 18.1 Å². The predicted octanol–water partition coefficient (Wildman–Crippen LogP) is 0.424. The molecule has 94 valence electrons. The number of hydrogen-bond donors (Lipinski definition) is 3. The molecule has 1 aliphatic heterocycles. The topological polar surface area (TPSA) is 91.1 Å². The molecular weight excluding hydrogens is 244 g/mol. The Hall–Kier alpha value is -2.67. The Bertz CT molecular complexity index is 827. The van der Waals surface area contributed by atoms with Crippen LogP contribution in [0, 0.1) is 0 Å². The molecule has 1 aliphatic rings. The highest BCUT2D eigenvalue weighted by Gasteiger charge is 2.14. The van der Waals surface area contributed by atoms with Gasteiger partial charge in [0.15, 0.2) is 11.3 Å². The number of fused-ring (bicyclic) bond motifs is 3. The second kappa shape index (κ2) is 3.66. The summed E-state index contributed by atoms with van der Waals surface area (Å²) in [4.78, 5) is 7.43. The van der Waals surface area contributed by atoms with E-state index in [-0.39, 0.29) is 0 Å². The van der Waals surface area contributed by atoms with Crippen molar-refractivity contribution in [1.29, 1.82) is 0 Å². The summed E-state index contributed by atoms with van der Waals surface area (Å²) < 4.78 is 1.87. The molecule has 0 fully saturated rings. The quantitative estimate of drug-likeness (QED) is 0.585. The highest BCUT2D eigenvalue weighted by atomic mass is 16.3. The van der Waals surface area contributed by atoms with Gasteiger partial charge < -0.3 is 15.4 Å². The number of dihydropyridines is 1. The molecule has 0 aliphatic carbocycles. The summed E-state index contributed by atoms with van der Waals surface area (Å²) in [7, 11) is 0. The number of aliphatic hydroxyl groups excluding tert-OH is 1. The van der Waals surface area contributed by atoms with Gasteiger partial charge in [-0.05, 0) is 23.9 Å². The third-order valence-corrected chi connectivity index (χ3v) is 3.14. The van der Waals surface area contributed by atoms with Crippen LogP contribution in [-0.4, -0.2) is 35.9 Å². The number of aliphatic hydroxyl groups is 1. The second-order valence-corrected chi connectivity index (χ2v) is 4.28. The number of rotatable bonds is 1. The van der Waals surface area contributed by atoms with Crippen molar-refractivity contribution in [3.05, 3.63) is 42.6 Å². The molecule has 0 saturated heterocycles. The maximum Gasteiger partial charge on any atom is 0.179 e. The lowest BCUT2D eigenvalue weighted by molar-refractivity contribution is 0.201. The molecule has 7 heteroatoms. The fourth-order valence-electron chi connectivity index (χ4n) is 2.28. The Morgan fingerprint density at radius 3 is 3.21 bits per heavy atom. The van der Waals surface area contributed by atoms with Crippen LogP contribution < -0.4 is 5.32 Å². The molecule has 3 aromatic rings. The number of aromatic amines is 1. The van der Waals surface area contributed by atoms with Gasteiger partial charge in [-0.1, -0.05) is 0 Å². The lowest BCUT2D eigenvalue weighted by Crippen LogP contribution is -2.23. The highest BCUT2D eigenvalue weighted by molar-refractivity contribution is 5.92. The van der Waals surface area contributed by atoms with E-state index in [1.165, 1.54) is 0 Å². The van der Waals surface area contributed by atoms with Gasteiger partial charge in [-0.15, -0.1) is 10.2 Å². The van der Waals surface area contributed by atoms with Crippen molar-refractivity contribution in [2.75, 3.05) is 0 Å². The lowest BCUT2D eigenvalue weighted by Gasteiger charge is -2.13. The number of nitrogens with zero attached hydrogens (tertiary/aromatic N) is 4. The van der Waals surface area contributed by atoms with Crippen molar-refractivity contribution < 1.29 is 5.11 Å². The number of H-pyrrole nitrogens is 1. The van der Waals surface area contributed by atoms with Gasteiger partial charge in [0.05, 0.1) is 6.20 Å². The smallest absolute Gasteiger partial charge is 0.179 e. The van der Waals surface area contributed by atoms with Crippen molar-refractivity contribution in [2.45, 2.75) is 6.23 Å². The lowest BCUT2D eigenvalue weighted by atomic mass is 10.1. The van der Waals surface area contributed by atoms with Gasteiger partial charge in [-0.3, -0.25) is 4.40 Å². The maximum absolute atomic E-state index is 9.63. The first-order valence-corrected chi connectivity index (χ1v) is 5.81. The summed E-state index contributed by atoms with van der Waals surface area (Å²) in [5.41, 5.74) is 4.20. The molecule has 0 radical (unpaired) electrons. The Morgan fingerprint density at radius 2 is 2.32 bits per heavy atom. The molecule has 4 rings (SSSR count). The minimum absolute atomic E-state index is 0.682. The number of allylic oxidation sites excluding steroid dienone is 2. The van der Waals surface area contributed by atoms with Crippen LogP contribution in [0.3, 0.4) is 0 Å². The highest BCUT2D eigenvalue weighted by Crippen LogP contribution is 2.26. The summed E-state index contributed by atoms with van der Waals surface area (Å²) in [5, 5.41) is 20.3. The SMILES string of the molecule is OC1C=C(c2c[nH]c3ncc4nncn4c23)C=CN1. The van der Waals surface area contributed by atoms with E-state index in [1.807, 2.05) is 16.7 Å². The molecule has 19 heavy (non-hydrogen) atoms. The van der Waals surface area contributed by atoms with E-state index in [9.17, 15) is 5.11 Å². The Labute approximate surface area is 107 Å². The molecule has 1 atom stereocenters. The Kier molecular flexibility index (Phi) is 1.98. The third kappa shape index (κ3) is 1.45. The van der Waals surface area contributed by atoms with E-state index < -0.39 is 6.23 Å². The van der Waals surface area contributed by atoms with E-state index >= 15 is 0 Å². The van der Waals surface area contributed by atoms with Gasteiger partial charge in [-0.2, -0.15) is 0 Å². The van der Waals surface area contributed by atoms with Gasteiger partial charge in [-0.25, -0.2) is 4.98 Å².